The number of benzene rings is 2. The number of hydrogen-bond acceptors (Lipinski definition) is 4. The Morgan fingerprint density at radius 2 is 1.87 bits per heavy atom. The van der Waals surface area contributed by atoms with E-state index in [1.54, 1.807) is 6.07 Å². The van der Waals surface area contributed by atoms with E-state index in [2.05, 4.69) is 19.2 Å². The highest BCUT2D eigenvalue weighted by Crippen LogP contribution is 2.47. The average Bonchev–Trinajstić information content (AvgIpc) is 2.71. The molecule has 4 rings (SSSR count). The zero-order valence-electron chi connectivity index (χ0n) is 18.0. The Kier molecular flexibility index (Phi) is 5.76. The molecule has 160 valence electrons. The molecule has 2 aromatic carbocycles. The Bertz CT molecular complexity index is 1100. The van der Waals surface area contributed by atoms with Gasteiger partial charge in [0.15, 0.2) is 5.78 Å². The summed E-state index contributed by atoms with van der Waals surface area (Å²) in [6.07, 6.45) is 1.19. The summed E-state index contributed by atoms with van der Waals surface area (Å²) in [7, 11) is 0. The lowest BCUT2D eigenvalue weighted by Crippen LogP contribution is -2.38. The van der Waals surface area contributed by atoms with Gasteiger partial charge < -0.3 is 10.1 Å². The lowest BCUT2D eigenvalue weighted by atomic mass is 9.68. The third-order valence-electron chi connectivity index (χ3n) is 5.85. The smallest absolute Gasteiger partial charge is 0.337 e. The monoisotopic (exact) mass is 435 g/mol. The first-order valence-electron chi connectivity index (χ1n) is 10.5. The third-order valence-corrected chi connectivity index (χ3v) is 6.09. The van der Waals surface area contributed by atoms with Gasteiger partial charge >= 0.3 is 5.97 Å². The van der Waals surface area contributed by atoms with Gasteiger partial charge in [-0.05, 0) is 42.0 Å². The maximum atomic E-state index is 13.3. The van der Waals surface area contributed by atoms with Crippen LogP contribution in [0.25, 0.3) is 0 Å². The molecular formula is C26H26ClNO3. The Morgan fingerprint density at radius 1 is 1.13 bits per heavy atom. The van der Waals surface area contributed by atoms with Gasteiger partial charge in [0.2, 0.25) is 0 Å². The Balaban J connectivity index is 1.74. The number of allylic oxidation sites excluding steroid dienone is 3. The van der Waals surface area contributed by atoms with Crippen molar-refractivity contribution in [1.82, 2.24) is 5.32 Å². The number of Topliss-reactive ketones (excluding diaryl/α,β-unsaturated/α-hetero) is 1. The minimum Gasteiger partial charge on any atom is -0.457 e. The molecule has 0 saturated heterocycles. The number of rotatable bonds is 4. The molecule has 0 fully saturated rings. The second kappa shape index (κ2) is 8.35. The van der Waals surface area contributed by atoms with E-state index >= 15 is 0 Å². The van der Waals surface area contributed by atoms with Crippen LogP contribution < -0.4 is 5.32 Å². The molecule has 0 radical (unpaired) electrons. The van der Waals surface area contributed by atoms with Crippen LogP contribution in [0.3, 0.4) is 0 Å². The fourth-order valence-corrected chi connectivity index (χ4v) is 4.73. The molecule has 0 amide bonds. The van der Waals surface area contributed by atoms with Gasteiger partial charge in [-0.3, -0.25) is 4.79 Å². The van der Waals surface area contributed by atoms with Crippen molar-refractivity contribution in [3.8, 4) is 0 Å². The van der Waals surface area contributed by atoms with Crippen LogP contribution in [0.1, 0.15) is 50.7 Å². The molecule has 5 heteroatoms. The van der Waals surface area contributed by atoms with Crippen LogP contribution in [0, 0.1) is 5.41 Å². The molecule has 0 spiro atoms. The molecule has 1 aliphatic carbocycles. The van der Waals surface area contributed by atoms with E-state index in [0.717, 1.165) is 23.2 Å². The van der Waals surface area contributed by atoms with Gasteiger partial charge in [-0.25, -0.2) is 4.79 Å². The van der Waals surface area contributed by atoms with E-state index in [1.807, 2.05) is 55.5 Å². The molecule has 31 heavy (non-hydrogen) atoms. The number of esters is 1. The SMILES string of the molecule is CC1=C(C(=O)OCc2ccccc2)[C@@H](c2cccc(Cl)c2)C2=C(CC(C)(C)CC2=O)N1. The molecule has 4 nitrogen and oxygen atoms in total. The summed E-state index contributed by atoms with van der Waals surface area (Å²) in [5, 5.41) is 3.92. The van der Waals surface area contributed by atoms with Crippen LogP contribution in [0.5, 0.6) is 0 Å². The van der Waals surface area contributed by atoms with Crippen LogP contribution in [-0.4, -0.2) is 11.8 Å². The molecule has 1 aliphatic heterocycles. The Morgan fingerprint density at radius 3 is 2.58 bits per heavy atom. The summed E-state index contributed by atoms with van der Waals surface area (Å²) in [4.78, 5) is 26.5. The van der Waals surface area contributed by atoms with Gasteiger partial charge in [-0.1, -0.05) is 67.9 Å². The van der Waals surface area contributed by atoms with E-state index in [4.69, 9.17) is 16.3 Å². The lowest BCUT2D eigenvalue weighted by Gasteiger charge is -2.39. The number of ketones is 1. The average molecular weight is 436 g/mol. The zero-order valence-corrected chi connectivity index (χ0v) is 18.8. The van der Waals surface area contributed by atoms with Crippen molar-refractivity contribution in [2.45, 2.75) is 46.1 Å². The zero-order chi connectivity index (χ0) is 22.2. The molecule has 0 unspecified atom stereocenters. The largest absolute Gasteiger partial charge is 0.457 e. The highest BCUT2D eigenvalue weighted by Gasteiger charge is 2.43. The van der Waals surface area contributed by atoms with Crippen molar-refractivity contribution in [3.63, 3.8) is 0 Å². The summed E-state index contributed by atoms with van der Waals surface area (Å²) in [6.45, 7) is 6.22. The minimum absolute atomic E-state index is 0.0598. The summed E-state index contributed by atoms with van der Waals surface area (Å²) in [5.41, 5.74) is 4.32. The highest BCUT2D eigenvalue weighted by atomic mass is 35.5. The van der Waals surface area contributed by atoms with Crippen LogP contribution >= 0.6 is 11.6 Å². The first kappa shape index (κ1) is 21.4. The van der Waals surface area contributed by atoms with E-state index in [-0.39, 0.29) is 17.8 Å². The topological polar surface area (TPSA) is 55.4 Å². The fourth-order valence-electron chi connectivity index (χ4n) is 4.53. The molecule has 2 aliphatic rings. The van der Waals surface area contributed by atoms with Crippen LogP contribution in [0.15, 0.2) is 77.1 Å². The molecule has 1 atom stereocenters. The van der Waals surface area contributed by atoms with Gasteiger partial charge in [-0.2, -0.15) is 0 Å². The second-order valence-corrected chi connectivity index (χ2v) is 9.48. The Hall–Kier alpha value is -2.85. The van der Waals surface area contributed by atoms with E-state index in [1.165, 1.54) is 0 Å². The lowest BCUT2D eigenvalue weighted by molar-refractivity contribution is -0.140. The molecule has 1 N–H and O–H groups in total. The van der Waals surface area contributed by atoms with Gasteiger partial charge in [0.1, 0.15) is 6.61 Å². The van der Waals surface area contributed by atoms with Crippen LogP contribution in [-0.2, 0) is 20.9 Å². The van der Waals surface area contributed by atoms with Gasteiger partial charge in [0.05, 0.1) is 5.57 Å². The highest BCUT2D eigenvalue weighted by molar-refractivity contribution is 6.30. The maximum absolute atomic E-state index is 13.3. The number of ether oxygens (including phenoxy) is 1. The number of carbonyl (C=O) groups excluding carboxylic acids is 2. The van der Waals surface area contributed by atoms with Crippen molar-refractivity contribution in [3.05, 3.63) is 93.3 Å². The number of hydrogen-bond donors (Lipinski definition) is 1. The van der Waals surface area contributed by atoms with Crippen molar-refractivity contribution in [1.29, 1.82) is 0 Å². The minimum atomic E-state index is -0.498. The normalized spacial score (nSPS) is 20.3. The van der Waals surface area contributed by atoms with Crippen molar-refractivity contribution in [2.75, 3.05) is 0 Å². The van der Waals surface area contributed by atoms with Crippen LogP contribution in [0.2, 0.25) is 5.02 Å². The van der Waals surface area contributed by atoms with Gasteiger partial charge in [0.25, 0.3) is 0 Å². The number of nitrogens with one attached hydrogen (secondary N) is 1. The summed E-state index contributed by atoms with van der Waals surface area (Å²) < 4.78 is 5.67. The van der Waals surface area contributed by atoms with Crippen molar-refractivity contribution >= 4 is 23.4 Å². The standard InChI is InChI=1S/C26H26ClNO3/c1-16-22(25(30)31-15-17-8-5-4-6-9-17)23(18-10-7-11-19(27)12-18)24-20(28-16)13-26(2,3)14-21(24)29/h4-12,23,28H,13-15H2,1-3H3/t23-/m1/s1. The number of carbonyl (C=O) groups is 2. The predicted molar refractivity (Wildman–Crippen MR) is 121 cm³/mol. The number of dihydropyridines is 1. The number of halogens is 1. The molecule has 1 heterocycles. The van der Waals surface area contributed by atoms with Crippen molar-refractivity contribution in [2.24, 2.45) is 5.41 Å². The van der Waals surface area contributed by atoms with Gasteiger partial charge in [-0.15, -0.1) is 0 Å². The maximum Gasteiger partial charge on any atom is 0.337 e. The second-order valence-electron chi connectivity index (χ2n) is 9.05. The molecule has 0 bridgehead atoms. The molecular weight excluding hydrogens is 410 g/mol. The summed E-state index contributed by atoms with van der Waals surface area (Å²) in [5.74, 6) is -0.866. The molecule has 0 saturated carbocycles. The van der Waals surface area contributed by atoms with E-state index in [0.29, 0.717) is 28.3 Å². The fraction of sp³-hybridized carbons (Fsp3) is 0.308. The molecule has 0 aromatic heterocycles. The third kappa shape index (κ3) is 4.45. The van der Waals surface area contributed by atoms with Crippen LogP contribution in [0.4, 0.5) is 0 Å². The quantitative estimate of drug-likeness (QED) is 0.627. The summed E-state index contributed by atoms with van der Waals surface area (Å²) in [6, 6.07) is 16.9. The molecule has 2 aromatic rings. The Labute approximate surface area is 187 Å². The van der Waals surface area contributed by atoms with Gasteiger partial charge in [0, 0.05) is 34.3 Å². The first-order chi connectivity index (χ1) is 14.7. The van der Waals surface area contributed by atoms with E-state index < -0.39 is 11.9 Å². The first-order valence-corrected chi connectivity index (χ1v) is 10.8. The van der Waals surface area contributed by atoms with E-state index in [9.17, 15) is 9.59 Å². The van der Waals surface area contributed by atoms with Crippen molar-refractivity contribution < 1.29 is 14.3 Å². The predicted octanol–water partition coefficient (Wildman–Crippen LogP) is 5.69. The summed E-state index contributed by atoms with van der Waals surface area (Å²) >= 11 is 6.28.